The van der Waals surface area contributed by atoms with Crippen molar-refractivity contribution in [3.63, 3.8) is 0 Å². The molecule has 0 aliphatic rings. The van der Waals surface area contributed by atoms with Gasteiger partial charge in [-0.2, -0.15) is 0 Å². The molecule has 5 heteroatoms. The fourth-order valence-electron chi connectivity index (χ4n) is 1.61. The van der Waals surface area contributed by atoms with E-state index < -0.39 is 0 Å². The number of halogens is 1. The molecule has 0 spiro atoms. The van der Waals surface area contributed by atoms with Crippen LogP contribution in [-0.2, 0) is 0 Å². The van der Waals surface area contributed by atoms with Crippen LogP contribution in [0.4, 0.5) is 0 Å². The maximum Gasteiger partial charge on any atom is 0.160 e. The molecule has 1 aromatic carbocycles. The van der Waals surface area contributed by atoms with Gasteiger partial charge in [0.1, 0.15) is 11.5 Å². The minimum Gasteiger partial charge on any atom is -0.497 e. The maximum absolute atomic E-state index is 5.38. The third-order valence-electron chi connectivity index (χ3n) is 2.43. The molecule has 17 heavy (non-hydrogen) atoms. The van der Waals surface area contributed by atoms with E-state index in [-0.39, 0.29) is 0 Å². The molecule has 0 amide bonds. The monoisotopic (exact) mass is 313 g/mol. The van der Waals surface area contributed by atoms with E-state index in [2.05, 4.69) is 20.9 Å². The van der Waals surface area contributed by atoms with Crippen LogP contribution in [0.25, 0.3) is 11.3 Å². The Hall–Kier alpha value is -1.07. The number of rotatable bonds is 3. The Kier molecular flexibility index (Phi) is 3.69. The topological polar surface area (TPSA) is 31.4 Å². The van der Waals surface area contributed by atoms with E-state index in [1.54, 1.807) is 25.6 Å². The van der Waals surface area contributed by atoms with E-state index in [1.807, 2.05) is 25.1 Å². The van der Waals surface area contributed by atoms with Crippen LogP contribution in [0, 0.1) is 6.92 Å². The van der Waals surface area contributed by atoms with Gasteiger partial charge in [-0.25, -0.2) is 4.98 Å². The molecule has 0 N–H and O–H groups in total. The van der Waals surface area contributed by atoms with Gasteiger partial charge in [0.15, 0.2) is 3.92 Å². The van der Waals surface area contributed by atoms with Crippen LogP contribution in [-0.4, -0.2) is 19.2 Å². The number of aromatic nitrogens is 1. The Balaban J connectivity index is 2.55. The molecule has 0 saturated heterocycles. The van der Waals surface area contributed by atoms with Gasteiger partial charge in [-0.05, 0) is 35.0 Å². The van der Waals surface area contributed by atoms with Crippen LogP contribution in [0.2, 0.25) is 0 Å². The molecule has 90 valence electrons. The van der Waals surface area contributed by atoms with Gasteiger partial charge in [0, 0.05) is 16.5 Å². The standard InChI is InChI=1S/C12H12BrNO2S/c1-7-11(14-12(13)17-7)9-5-4-8(15-2)6-10(9)16-3/h4-6H,1-3H3. The quantitative estimate of drug-likeness (QED) is 0.861. The SMILES string of the molecule is COc1ccc(-c2nc(Br)sc2C)c(OC)c1. The third kappa shape index (κ3) is 2.45. The zero-order valence-electron chi connectivity index (χ0n) is 9.78. The van der Waals surface area contributed by atoms with Gasteiger partial charge < -0.3 is 9.47 Å². The second kappa shape index (κ2) is 5.06. The molecule has 3 nitrogen and oxygen atoms in total. The molecule has 1 aromatic heterocycles. The molecule has 0 unspecified atom stereocenters. The first-order valence-corrected chi connectivity index (χ1v) is 6.62. The number of methoxy groups -OCH3 is 2. The lowest BCUT2D eigenvalue weighted by Crippen LogP contribution is -1.91. The fourth-order valence-corrected chi connectivity index (χ4v) is 3.16. The molecular formula is C12H12BrNO2S. The number of benzene rings is 1. The Labute approximate surface area is 113 Å². The first-order valence-electron chi connectivity index (χ1n) is 5.01. The Morgan fingerprint density at radius 2 is 2.00 bits per heavy atom. The largest absolute Gasteiger partial charge is 0.497 e. The summed E-state index contributed by atoms with van der Waals surface area (Å²) in [6.45, 7) is 2.04. The number of thiazole rings is 1. The normalized spacial score (nSPS) is 10.4. The van der Waals surface area contributed by atoms with Crippen molar-refractivity contribution in [3.8, 4) is 22.8 Å². The summed E-state index contributed by atoms with van der Waals surface area (Å²) in [5.74, 6) is 1.54. The smallest absolute Gasteiger partial charge is 0.160 e. The summed E-state index contributed by atoms with van der Waals surface area (Å²) in [7, 11) is 3.29. The minimum atomic E-state index is 0.769. The van der Waals surface area contributed by atoms with Crippen LogP contribution in [0.15, 0.2) is 22.1 Å². The lowest BCUT2D eigenvalue weighted by Gasteiger charge is -2.09. The van der Waals surface area contributed by atoms with E-state index in [0.29, 0.717) is 0 Å². The molecule has 0 aliphatic heterocycles. The Morgan fingerprint density at radius 3 is 2.53 bits per heavy atom. The highest BCUT2D eigenvalue weighted by Gasteiger charge is 2.13. The molecule has 0 aliphatic carbocycles. The van der Waals surface area contributed by atoms with E-state index in [1.165, 1.54) is 0 Å². The van der Waals surface area contributed by atoms with Gasteiger partial charge in [0.05, 0.1) is 19.9 Å². The van der Waals surface area contributed by atoms with Crippen molar-refractivity contribution in [1.82, 2.24) is 4.98 Å². The Bertz CT molecular complexity index is 539. The molecule has 0 atom stereocenters. The van der Waals surface area contributed by atoms with Gasteiger partial charge in [0.25, 0.3) is 0 Å². The molecular weight excluding hydrogens is 302 g/mol. The second-order valence-corrected chi connectivity index (χ2v) is 5.92. The highest BCUT2D eigenvalue weighted by Crippen LogP contribution is 2.37. The molecule has 2 aromatic rings. The predicted octanol–water partition coefficient (Wildman–Crippen LogP) is 3.90. The van der Waals surface area contributed by atoms with Gasteiger partial charge >= 0.3 is 0 Å². The van der Waals surface area contributed by atoms with E-state index in [9.17, 15) is 0 Å². The zero-order valence-corrected chi connectivity index (χ0v) is 12.2. The summed E-state index contributed by atoms with van der Waals surface area (Å²) < 4.78 is 11.4. The highest BCUT2D eigenvalue weighted by atomic mass is 79.9. The highest BCUT2D eigenvalue weighted by molar-refractivity contribution is 9.11. The number of hydrogen-bond donors (Lipinski definition) is 0. The predicted molar refractivity (Wildman–Crippen MR) is 73.1 cm³/mol. The molecule has 1 heterocycles. The average Bonchev–Trinajstić information content (AvgIpc) is 2.67. The molecule has 0 radical (unpaired) electrons. The van der Waals surface area contributed by atoms with Crippen LogP contribution >= 0.6 is 27.3 Å². The van der Waals surface area contributed by atoms with Crippen molar-refractivity contribution >= 4 is 27.3 Å². The van der Waals surface area contributed by atoms with Crippen LogP contribution in [0.1, 0.15) is 4.88 Å². The van der Waals surface area contributed by atoms with Crippen molar-refractivity contribution in [1.29, 1.82) is 0 Å². The molecule has 0 bridgehead atoms. The summed E-state index contributed by atoms with van der Waals surface area (Å²) >= 11 is 5.01. The number of ether oxygens (including phenoxy) is 2. The number of nitrogens with zero attached hydrogens (tertiary/aromatic N) is 1. The van der Waals surface area contributed by atoms with E-state index >= 15 is 0 Å². The van der Waals surface area contributed by atoms with Crippen molar-refractivity contribution < 1.29 is 9.47 Å². The fraction of sp³-hybridized carbons (Fsp3) is 0.250. The van der Waals surface area contributed by atoms with Gasteiger partial charge in [-0.15, -0.1) is 11.3 Å². The summed E-state index contributed by atoms with van der Waals surface area (Å²) in [5, 5.41) is 0. The van der Waals surface area contributed by atoms with Crippen molar-refractivity contribution in [2.24, 2.45) is 0 Å². The summed E-state index contributed by atoms with van der Waals surface area (Å²) in [4.78, 5) is 5.61. The third-order valence-corrected chi connectivity index (χ3v) is 3.86. The lowest BCUT2D eigenvalue weighted by atomic mass is 10.1. The van der Waals surface area contributed by atoms with Crippen molar-refractivity contribution in [3.05, 3.63) is 27.0 Å². The van der Waals surface area contributed by atoms with Gasteiger partial charge in [-0.1, -0.05) is 0 Å². The summed E-state index contributed by atoms with van der Waals surface area (Å²) in [6, 6.07) is 5.73. The summed E-state index contributed by atoms with van der Waals surface area (Å²) in [6.07, 6.45) is 0. The van der Waals surface area contributed by atoms with Crippen LogP contribution in [0.5, 0.6) is 11.5 Å². The zero-order chi connectivity index (χ0) is 12.4. The molecule has 2 rings (SSSR count). The molecule has 0 saturated carbocycles. The lowest BCUT2D eigenvalue weighted by molar-refractivity contribution is 0.395. The van der Waals surface area contributed by atoms with E-state index in [0.717, 1.165) is 31.6 Å². The Morgan fingerprint density at radius 1 is 1.24 bits per heavy atom. The summed E-state index contributed by atoms with van der Waals surface area (Å²) in [5.41, 5.74) is 1.93. The minimum absolute atomic E-state index is 0.769. The van der Waals surface area contributed by atoms with E-state index in [4.69, 9.17) is 9.47 Å². The number of aryl methyl sites for hydroxylation is 1. The van der Waals surface area contributed by atoms with Crippen molar-refractivity contribution in [2.75, 3.05) is 14.2 Å². The molecule has 0 fully saturated rings. The van der Waals surface area contributed by atoms with Gasteiger partial charge in [0.2, 0.25) is 0 Å². The maximum atomic E-state index is 5.38. The van der Waals surface area contributed by atoms with Gasteiger partial charge in [-0.3, -0.25) is 0 Å². The van der Waals surface area contributed by atoms with Crippen molar-refractivity contribution in [2.45, 2.75) is 6.92 Å². The number of hydrogen-bond acceptors (Lipinski definition) is 4. The first-order chi connectivity index (χ1) is 8.15. The average molecular weight is 314 g/mol. The van der Waals surface area contributed by atoms with Crippen LogP contribution in [0.3, 0.4) is 0 Å². The van der Waals surface area contributed by atoms with Crippen LogP contribution < -0.4 is 9.47 Å². The second-order valence-electron chi connectivity index (χ2n) is 3.44. The first kappa shape index (κ1) is 12.4.